The predicted octanol–water partition coefficient (Wildman–Crippen LogP) is 4.43. The molecule has 0 N–H and O–H groups in total. The Morgan fingerprint density at radius 1 is 0.935 bits per heavy atom. The third kappa shape index (κ3) is 5.86. The van der Waals surface area contributed by atoms with E-state index < -0.39 is 0 Å². The molecule has 46 heavy (non-hydrogen) atoms. The maximum atomic E-state index is 13.3. The van der Waals surface area contributed by atoms with Gasteiger partial charge in [-0.25, -0.2) is 9.13 Å². The minimum absolute atomic E-state index is 0. The average Bonchev–Trinajstić information content (AvgIpc) is 3.57. The van der Waals surface area contributed by atoms with E-state index in [1.807, 2.05) is 24.3 Å². The molecule has 1 aliphatic carbocycles. The van der Waals surface area contributed by atoms with Gasteiger partial charge in [-0.2, -0.15) is 0 Å². The predicted molar refractivity (Wildman–Crippen MR) is 182 cm³/mol. The summed E-state index contributed by atoms with van der Waals surface area (Å²) in [5.74, 6) is 2.70. The molecular weight excluding hydrogens is 706 g/mol. The lowest BCUT2D eigenvalue weighted by atomic mass is 9.81. The van der Waals surface area contributed by atoms with E-state index in [0.717, 1.165) is 59.5 Å². The van der Waals surface area contributed by atoms with Crippen LogP contribution in [0, 0.1) is 19.8 Å². The molecule has 0 bridgehead atoms. The smallest absolute Gasteiger partial charge is 0.245 e. The van der Waals surface area contributed by atoms with Crippen molar-refractivity contribution in [2.75, 3.05) is 32.2 Å². The van der Waals surface area contributed by atoms with Crippen LogP contribution in [0.5, 0.6) is 11.5 Å². The molecule has 0 saturated heterocycles. The normalized spacial score (nSPS) is 16.4. The quantitative estimate of drug-likeness (QED) is 0.166. The minimum atomic E-state index is 0. The van der Waals surface area contributed by atoms with E-state index in [-0.39, 0.29) is 29.3 Å². The fourth-order valence-electron chi connectivity index (χ4n) is 7.46. The molecule has 1 aromatic heterocycles. The zero-order valence-electron chi connectivity index (χ0n) is 26.7. The summed E-state index contributed by atoms with van der Waals surface area (Å²) in [6, 6.07) is 25.1. The number of nitrogens with zero attached hydrogens (tertiary/aromatic N) is 3. The van der Waals surface area contributed by atoms with E-state index in [4.69, 9.17) is 9.47 Å². The van der Waals surface area contributed by atoms with Gasteiger partial charge in [-0.3, -0.25) is 4.79 Å². The van der Waals surface area contributed by atoms with Gasteiger partial charge in [-0.15, -0.1) is 0 Å². The summed E-state index contributed by atoms with van der Waals surface area (Å²) in [5.41, 5.74) is 10.9. The summed E-state index contributed by atoms with van der Waals surface area (Å²) in [6.45, 7) is 7.36. The number of halogens is 2. The second kappa shape index (κ2) is 13.2. The van der Waals surface area contributed by atoms with Crippen molar-refractivity contribution in [1.29, 1.82) is 0 Å². The van der Waals surface area contributed by atoms with Crippen molar-refractivity contribution in [3.8, 4) is 11.5 Å². The molecule has 0 fully saturated rings. The number of aryl methyl sites for hydroxylation is 3. The van der Waals surface area contributed by atoms with E-state index in [9.17, 15) is 4.79 Å². The van der Waals surface area contributed by atoms with Crippen LogP contribution in [-0.2, 0) is 19.5 Å². The van der Waals surface area contributed by atoms with Crippen LogP contribution in [0.25, 0.3) is 11.0 Å². The second-order valence-corrected chi connectivity index (χ2v) is 13.4. The zero-order valence-corrected chi connectivity index (χ0v) is 29.9. The van der Waals surface area contributed by atoms with Gasteiger partial charge in [0.15, 0.2) is 17.6 Å². The van der Waals surface area contributed by atoms with Crippen molar-refractivity contribution in [2.45, 2.75) is 45.7 Å². The van der Waals surface area contributed by atoms with Gasteiger partial charge in [0.2, 0.25) is 12.1 Å². The first-order valence-electron chi connectivity index (χ1n) is 15.7. The van der Waals surface area contributed by atoms with Crippen LogP contribution in [0.1, 0.15) is 50.5 Å². The first-order chi connectivity index (χ1) is 21.8. The number of imidazole rings is 1. The Kier molecular flexibility index (Phi) is 9.31. The monoisotopic (exact) mass is 743 g/mol. The summed E-state index contributed by atoms with van der Waals surface area (Å²) in [7, 11) is 3.41. The Morgan fingerprint density at radius 3 is 2.48 bits per heavy atom. The highest BCUT2D eigenvalue weighted by atomic mass is 79.9. The number of Topliss-reactive ketones (excluding diaryl/α,β-unsaturated/α-hetero) is 1. The van der Waals surface area contributed by atoms with Crippen LogP contribution in [0.15, 0.2) is 83.6 Å². The summed E-state index contributed by atoms with van der Waals surface area (Å²) in [6.07, 6.45) is 4.19. The molecule has 2 atom stereocenters. The Balaban J connectivity index is 0.00000372. The summed E-state index contributed by atoms with van der Waals surface area (Å²) in [5, 5.41) is 0. The number of rotatable bonds is 9. The number of carbonyl (C=O) groups excluding carboxylic acids is 1. The number of fused-ring (bicyclic) bond motifs is 6. The number of ketones is 1. The first-order valence-corrected chi connectivity index (χ1v) is 16.5. The van der Waals surface area contributed by atoms with E-state index >= 15 is 0 Å². The van der Waals surface area contributed by atoms with Gasteiger partial charge in [-0.1, -0.05) is 34.1 Å². The van der Waals surface area contributed by atoms with Crippen LogP contribution in [0.2, 0.25) is 0 Å². The maximum Gasteiger partial charge on any atom is 0.245 e. The van der Waals surface area contributed by atoms with Crippen molar-refractivity contribution >= 4 is 38.4 Å². The van der Waals surface area contributed by atoms with Crippen molar-refractivity contribution in [3.63, 3.8) is 0 Å². The maximum absolute atomic E-state index is 13.3. The highest BCUT2D eigenvalue weighted by Gasteiger charge is 2.41. The number of hydrogen-bond donors (Lipinski definition) is 0. The topological polar surface area (TPSA) is 47.6 Å². The number of para-hydroxylation sites is 1. The van der Waals surface area contributed by atoms with Crippen molar-refractivity contribution in [1.82, 2.24) is 4.57 Å². The molecule has 238 valence electrons. The Hall–Kier alpha value is -3.62. The highest BCUT2D eigenvalue weighted by Crippen LogP contribution is 2.52. The van der Waals surface area contributed by atoms with E-state index in [0.29, 0.717) is 17.4 Å². The number of anilines is 1. The van der Waals surface area contributed by atoms with E-state index in [1.54, 1.807) is 14.2 Å². The molecule has 0 radical (unpaired) electrons. The van der Waals surface area contributed by atoms with Gasteiger partial charge in [0.25, 0.3) is 0 Å². The van der Waals surface area contributed by atoms with Gasteiger partial charge in [-0.05, 0) is 109 Å². The van der Waals surface area contributed by atoms with Gasteiger partial charge in [0.1, 0.15) is 11.5 Å². The van der Waals surface area contributed by atoms with Gasteiger partial charge in [0.05, 0.1) is 26.5 Å². The van der Waals surface area contributed by atoms with Crippen LogP contribution in [-0.4, -0.2) is 37.7 Å². The van der Waals surface area contributed by atoms with Crippen LogP contribution in [0.4, 0.5) is 5.69 Å². The zero-order chi connectivity index (χ0) is 31.2. The molecule has 2 heterocycles. The number of aromatic nitrogens is 2. The van der Waals surface area contributed by atoms with Crippen molar-refractivity contribution < 1.29 is 35.8 Å². The third-order valence-electron chi connectivity index (χ3n) is 9.79. The number of methoxy groups -OCH3 is 2. The molecule has 0 unspecified atom stereocenters. The number of carbonyl (C=O) groups is 1. The lowest BCUT2D eigenvalue weighted by Crippen LogP contribution is -3.00. The molecule has 8 heteroatoms. The Morgan fingerprint density at radius 2 is 1.72 bits per heavy atom. The average molecular weight is 746 g/mol. The number of ether oxygens (including phenoxy) is 2. The lowest BCUT2D eigenvalue weighted by Gasteiger charge is -2.39. The fourth-order valence-corrected chi connectivity index (χ4v) is 7.83. The second-order valence-electron chi connectivity index (χ2n) is 12.5. The Bertz CT molecular complexity index is 1920. The third-order valence-corrected chi connectivity index (χ3v) is 10.3. The molecule has 0 spiro atoms. The molecule has 0 saturated carbocycles. The molecule has 5 aromatic rings. The highest BCUT2D eigenvalue weighted by molar-refractivity contribution is 9.10. The molecule has 6 nitrogen and oxygen atoms in total. The number of benzene rings is 4. The van der Waals surface area contributed by atoms with E-state index in [2.05, 4.69) is 98.7 Å². The summed E-state index contributed by atoms with van der Waals surface area (Å²) >= 11 is 3.71. The SMILES string of the molecule is COc1ccc(C(=O)C[n+]2cn(CCCN3C[C@@H]4Cc5ccc(Br)cc5[C@@H]4c4cccc(OC)c43)c3cc(C)c(C)cc32)cc1.[Br-]. The fraction of sp³-hybridized carbons (Fsp3) is 0.316. The van der Waals surface area contributed by atoms with E-state index in [1.165, 1.54) is 33.5 Å². The van der Waals surface area contributed by atoms with Crippen molar-refractivity contribution in [3.05, 3.63) is 117 Å². The standard InChI is InChI=1S/C38H39BrN3O3.BrH/c1-24-17-33-34(18-25(24)2)42(22-35(43)26-10-13-30(44-3)14-11-26)23-41(33)16-6-15-40-21-28-19-27-9-12-29(39)20-32(27)37(28)31-7-5-8-36(45-4)38(31)40;/h5,7-14,17-18,20,23,28,37H,6,15-16,19,21-22H2,1-4H3;1H/q+1;/p-1/t28-,37-;/m0./s1. The largest absolute Gasteiger partial charge is 1.00 e. The molecule has 7 rings (SSSR count). The Labute approximate surface area is 289 Å². The van der Waals surface area contributed by atoms with Crippen molar-refractivity contribution in [2.24, 2.45) is 5.92 Å². The van der Waals surface area contributed by atoms with Crippen LogP contribution >= 0.6 is 15.9 Å². The number of hydrogen-bond acceptors (Lipinski definition) is 4. The molecule has 0 amide bonds. The lowest BCUT2D eigenvalue weighted by molar-refractivity contribution is -0.658. The summed E-state index contributed by atoms with van der Waals surface area (Å²) < 4.78 is 16.8. The molecule has 4 aromatic carbocycles. The minimum Gasteiger partial charge on any atom is -1.00 e. The van der Waals surface area contributed by atoms with Gasteiger partial charge in [0, 0.05) is 35.5 Å². The van der Waals surface area contributed by atoms with Crippen LogP contribution in [0.3, 0.4) is 0 Å². The molecule has 2 aliphatic rings. The van der Waals surface area contributed by atoms with Gasteiger partial charge < -0.3 is 31.4 Å². The molecule has 1 aliphatic heterocycles. The first kappa shape index (κ1) is 32.3. The molecular formula is C38H39Br2N3O3. The van der Waals surface area contributed by atoms with Gasteiger partial charge >= 0.3 is 0 Å². The van der Waals surface area contributed by atoms with Crippen LogP contribution < -0.4 is 35.9 Å². The summed E-state index contributed by atoms with van der Waals surface area (Å²) in [4.78, 5) is 15.9.